The number of urea groups is 1. The molecule has 1 atom stereocenters. The predicted octanol–water partition coefficient (Wildman–Crippen LogP) is 3.86. The molecule has 0 saturated carbocycles. The lowest BCUT2D eigenvalue weighted by Crippen LogP contribution is -2.51. The summed E-state index contributed by atoms with van der Waals surface area (Å²) in [6, 6.07) is 24.8. The first kappa shape index (κ1) is 22.6. The summed E-state index contributed by atoms with van der Waals surface area (Å²) in [6.45, 7) is 6.61. The van der Waals surface area contributed by atoms with E-state index >= 15 is 0 Å². The lowest BCUT2D eigenvalue weighted by atomic mass is 9.93. The van der Waals surface area contributed by atoms with E-state index in [2.05, 4.69) is 69.7 Å². The number of rotatable bonds is 7. The minimum absolute atomic E-state index is 0.119. The van der Waals surface area contributed by atoms with Gasteiger partial charge in [-0.2, -0.15) is 0 Å². The fourth-order valence-electron chi connectivity index (χ4n) is 5.04. The van der Waals surface area contributed by atoms with Crippen molar-refractivity contribution in [3.8, 4) is 0 Å². The summed E-state index contributed by atoms with van der Waals surface area (Å²) in [5.41, 5.74) is 1.67. The molecule has 2 aliphatic heterocycles. The Hall–Kier alpha value is -3.22. The molecule has 6 nitrogen and oxygen atoms in total. The minimum Gasteiger partial charge on any atom is -0.323 e. The largest absolute Gasteiger partial charge is 0.326 e. The Labute approximate surface area is 201 Å². The number of nitrogens with zero attached hydrogens (tertiary/aromatic N) is 3. The van der Waals surface area contributed by atoms with Gasteiger partial charge in [-0.05, 0) is 41.7 Å². The van der Waals surface area contributed by atoms with Crippen LogP contribution in [0.1, 0.15) is 24.5 Å². The van der Waals surface area contributed by atoms with Gasteiger partial charge in [-0.15, -0.1) is 0 Å². The van der Waals surface area contributed by atoms with Crippen molar-refractivity contribution in [1.82, 2.24) is 20.0 Å². The van der Waals surface area contributed by atoms with Crippen molar-refractivity contribution in [3.63, 3.8) is 0 Å². The van der Waals surface area contributed by atoms with Crippen LogP contribution in [0, 0.1) is 0 Å². The molecular formula is C28H32N4O2. The Bertz CT molecular complexity index is 1170. The molecule has 3 amide bonds. The zero-order valence-corrected chi connectivity index (χ0v) is 19.7. The van der Waals surface area contributed by atoms with Crippen LogP contribution >= 0.6 is 0 Å². The molecule has 0 radical (unpaired) electrons. The highest BCUT2D eigenvalue weighted by Crippen LogP contribution is 2.24. The van der Waals surface area contributed by atoms with Gasteiger partial charge in [0.2, 0.25) is 0 Å². The highest BCUT2D eigenvalue weighted by molar-refractivity contribution is 6.06. The Kier molecular flexibility index (Phi) is 6.35. The lowest BCUT2D eigenvalue weighted by molar-refractivity contribution is -0.132. The van der Waals surface area contributed by atoms with E-state index in [9.17, 15) is 9.59 Å². The molecule has 0 aromatic heterocycles. The van der Waals surface area contributed by atoms with Crippen LogP contribution in [0.5, 0.6) is 0 Å². The maximum Gasteiger partial charge on any atom is 0.326 e. The Morgan fingerprint density at radius 3 is 2.29 bits per heavy atom. The topological polar surface area (TPSA) is 55.9 Å². The number of imide groups is 1. The minimum atomic E-state index is -0.844. The Balaban J connectivity index is 1.15. The van der Waals surface area contributed by atoms with E-state index in [0.29, 0.717) is 13.1 Å². The second kappa shape index (κ2) is 9.57. The molecule has 1 unspecified atom stereocenters. The summed E-state index contributed by atoms with van der Waals surface area (Å²) in [4.78, 5) is 31.9. The third-order valence-electron chi connectivity index (χ3n) is 7.18. The normalized spacial score (nSPS) is 21.9. The van der Waals surface area contributed by atoms with Crippen molar-refractivity contribution in [3.05, 3.63) is 83.9 Å². The number of benzene rings is 3. The summed E-state index contributed by atoms with van der Waals surface area (Å²) in [6.07, 6.45) is 1.35. The molecule has 2 heterocycles. The van der Waals surface area contributed by atoms with Gasteiger partial charge in [0.25, 0.3) is 5.91 Å². The quantitative estimate of drug-likeness (QED) is 0.549. The highest BCUT2D eigenvalue weighted by atomic mass is 16.2. The van der Waals surface area contributed by atoms with E-state index in [-0.39, 0.29) is 11.9 Å². The SMILES string of the molecule is CC1(CCc2ccccc2)NC(=O)N(CN2CCN(Cc3cccc4ccccc34)CC2)C1=O. The average molecular weight is 457 g/mol. The molecule has 3 aromatic rings. The van der Waals surface area contributed by atoms with E-state index in [1.807, 2.05) is 25.1 Å². The fourth-order valence-corrected chi connectivity index (χ4v) is 5.04. The zero-order chi connectivity index (χ0) is 23.5. The first-order valence-corrected chi connectivity index (χ1v) is 12.1. The first-order chi connectivity index (χ1) is 16.5. The lowest BCUT2D eigenvalue weighted by Gasteiger charge is -2.36. The van der Waals surface area contributed by atoms with Gasteiger partial charge in [-0.3, -0.25) is 14.6 Å². The third-order valence-corrected chi connectivity index (χ3v) is 7.18. The molecule has 0 spiro atoms. The zero-order valence-electron chi connectivity index (χ0n) is 19.7. The summed E-state index contributed by atoms with van der Waals surface area (Å²) in [5, 5.41) is 5.53. The average Bonchev–Trinajstić information content (AvgIpc) is 3.08. The number of amides is 3. The van der Waals surface area contributed by atoms with Crippen LogP contribution in [-0.2, 0) is 17.8 Å². The van der Waals surface area contributed by atoms with Gasteiger partial charge in [0.05, 0.1) is 6.67 Å². The molecule has 34 heavy (non-hydrogen) atoms. The smallest absolute Gasteiger partial charge is 0.323 e. The van der Waals surface area contributed by atoms with Crippen LogP contribution in [0.15, 0.2) is 72.8 Å². The van der Waals surface area contributed by atoms with Crippen molar-refractivity contribution in [2.24, 2.45) is 0 Å². The molecule has 0 bridgehead atoms. The van der Waals surface area contributed by atoms with Gasteiger partial charge in [0.15, 0.2) is 0 Å². The van der Waals surface area contributed by atoms with E-state index in [1.165, 1.54) is 26.8 Å². The number of carbonyl (C=O) groups is 2. The number of piperazine rings is 1. The van der Waals surface area contributed by atoms with Gasteiger partial charge >= 0.3 is 6.03 Å². The molecule has 2 aliphatic rings. The number of fused-ring (bicyclic) bond motifs is 1. The molecule has 1 N–H and O–H groups in total. The van der Waals surface area contributed by atoms with Crippen LogP contribution < -0.4 is 5.32 Å². The molecule has 176 valence electrons. The van der Waals surface area contributed by atoms with Crippen molar-refractivity contribution in [1.29, 1.82) is 0 Å². The van der Waals surface area contributed by atoms with Gasteiger partial charge in [0, 0.05) is 32.7 Å². The predicted molar refractivity (Wildman–Crippen MR) is 134 cm³/mol. The molecule has 3 aromatic carbocycles. The number of hydrogen-bond acceptors (Lipinski definition) is 4. The van der Waals surface area contributed by atoms with E-state index in [1.54, 1.807) is 0 Å². The highest BCUT2D eigenvalue weighted by Gasteiger charge is 2.47. The van der Waals surface area contributed by atoms with Gasteiger partial charge in [-0.25, -0.2) is 9.69 Å². The maximum atomic E-state index is 13.2. The van der Waals surface area contributed by atoms with Crippen LogP contribution in [-0.4, -0.2) is 65.0 Å². The Morgan fingerprint density at radius 2 is 1.50 bits per heavy atom. The first-order valence-electron chi connectivity index (χ1n) is 12.1. The van der Waals surface area contributed by atoms with Crippen LogP contribution in [0.25, 0.3) is 10.8 Å². The fraction of sp³-hybridized carbons (Fsp3) is 0.357. The van der Waals surface area contributed by atoms with E-state index in [4.69, 9.17) is 0 Å². The molecule has 5 rings (SSSR count). The second-order valence-electron chi connectivity index (χ2n) is 9.65. The van der Waals surface area contributed by atoms with Crippen LogP contribution in [0.2, 0.25) is 0 Å². The maximum absolute atomic E-state index is 13.2. The van der Waals surface area contributed by atoms with Crippen molar-refractivity contribution >= 4 is 22.7 Å². The third kappa shape index (κ3) is 4.69. The van der Waals surface area contributed by atoms with Crippen molar-refractivity contribution < 1.29 is 9.59 Å². The van der Waals surface area contributed by atoms with E-state index in [0.717, 1.165) is 39.1 Å². The van der Waals surface area contributed by atoms with Gasteiger partial charge in [-0.1, -0.05) is 72.8 Å². The molecule has 2 saturated heterocycles. The van der Waals surface area contributed by atoms with Crippen molar-refractivity contribution in [2.75, 3.05) is 32.8 Å². The summed E-state index contributed by atoms with van der Waals surface area (Å²) in [5.74, 6) is -0.119. The molecule has 2 fully saturated rings. The molecular weight excluding hydrogens is 424 g/mol. The van der Waals surface area contributed by atoms with E-state index < -0.39 is 5.54 Å². The van der Waals surface area contributed by atoms with Crippen molar-refractivity contribution in [2.45, 2.75) is 31.8 Å². The number of nitrogens with one attached hydrogen (secondary N) is 1. The standard InChI is InChI=1S/C28H32N4O2/c1-28(15-14-22-8-3-2-4-9-22)26(33)32(27(34)29-28)21-31-18-16-30(17-19-31)20-24-12-7-11-23-10-5-6-13-25(23)24/h2-13H,14-21H2,1H3,(H,29,34). The summed E-state index contributed by atoms with van der Waals surface area (Å²) < 4.78 is 0. The number of hydrogen-bond donors (Lipinski definition) is 1. The molecule has 0 aliphatic carbocycles. The number of aryl methyl sites for hydroxylation is 1. The number of carbonyl (C=O) groups excluding carboxylic acids is 2. The van der Waals surface area contributed by atoms with Crippen LogP contribution in [0.3, 0.4) is 0 Å². The summed E-state index contributed by atoms with van der Waals surface area (Å²) >= 11 is 0. The summed E-state index contributed by atoms with van der Waals surface area (Å²) in [7, 11) is 0. The second-order valence-corrected chi connectivity index (χ2v) is 9.65. The monoisotopic (exact) mass is 456 g/mol. The van der Waals surface area contributed by atoms with Gasteiger partial charge in [0.1, 0.15) is 5.54 Å². The van der Waals surface area contributed by atoms with Gasteiger partial charge < -0.3 is 5.32 Å². The molecule has 6 heteroatoms. The Morgan fingerprint density at radius 1 is 0.824 bits per heavy atom. The van der Waals surface area contributed by atoms with Crippen LogP contribution in [0.4, 0.5) is 4.79 Å².